The molecule has 0 saturated carbocycles. The van der Waals surface area contributed by atoms with Gasteiger partial charge in [0.2, 0.25) is 0 Å². The van der Waals surface area contributed by atoms with Gasteiger partial charge in [0.15, 0.2) is 11.9 Å². The second-order valence-electron chi connectivity index (χ2n) is 7.54. The van der Waals surface area contributed by atoms with Crippen molar-refractivity contribution in [3.05, 3.63) is 89.9 Å². The third kappa shape index (κ3) is 5.79. The van der Waals surface area contributed by atoms with Crippen LogP contribution in [0.2, 0.25) is 0 Å². The zero-order valence-corrected chi connectivity index (χ0v) is 18.0. The number of benzene rings is 2. The van der Waals surface area contributed by atoms with E-state index < -0.39 is 12.1 Å². The molecule has 0 fully saturated rings. The van der Waals surface area contributed by atoms with Crippen LogP contribution in [0.4, 0.5) is 0 Å². The molecule has 4 rings (SSSR count). The molecule has 3 aromatic rings. The van der Waals surface area contributed by atoms with Crippen molar-refractivity contribution in [2.24, 2.45) is 0 Å². The summed E-state index contributed by atoms with van der Waals surface area (Å²) in [4.78, 5) is 25.9. The summed E-state index contributed by atoms with van der Waals surface area (Å²) in [5.41, 5.74) is 2.12. The van der Waals surface area contributed by atoms with Gasteiger partial charge in [0.25, 0.3) is 5.91 Å². The summed E-state index contributed by atoms with van der Waals surface area (Å²) in [6.07, 6.45) is 2.87. The molecule has 0 aliphatic carbocycles. The number of ether oxygens (including phenoxy) is 1. The Labute approximate surface area is 186 Å². The molecule has 2 atom stereocenters. The number of para-hydroxylation sites is 1. The fourth-order valence-corrected chi connectivity index (χ4v) is 4.49. The number of ketones is 1. The van der Waals surface area contributed by atoms with Crippen molar-refractivity contribution in [1.29, 1.82) is 0 Å². The van der Waals surface area contributed by atoms with E-state index in [1.54, 1.807) is 6.26 Å². The second kappa shape index (κ2) is 10.4. The van der Waals surface area contributed by atoms with Crippen LogP contribution in [0.3, 0.4) is 0 Å². The topological polar surface area (TPSA) is 68.5 Å². The lowest BCUT2D eigenvalue weighted by Gasteiger charge is -2.27. The summed E-state index contributed by atoms with van der Waals surface area (Å²) in [6, 6.07) is 20.6. The summed E-state index contributed by atoms with van der Waals surface area (Å²) in [5, 5.41) is 2.96. The number of nitrogens with one attached hydrogen (secondary N) is 1. The Bertz CT molecular complexity index is 1000. The Balaban J connectivity index is 1.39. The molecule has 0 bridgehead atoms. The van der Waals surface area contributed by atoms with Gasteiger partial charge in [-0.3, -0.25) is 9.59 Å². The molecule has 0 saturated heterocycles. The SMILES string of the molecule is O=C(CSCc1ccco1)C(Cc1ccccc1)NC(=O)[C@@H]1CCc2ccccc2O1. The summed E-state index contributed by atoms with van der Waals surface area (Å²) in [6.45, 7) is 0. The highest BCUT2D eigenvalue weighted by Gasteiger charge is 2.29. The van der Waals surface area contributed by atoms with Gasteiger partial charge in [-0.2, -0.15) is 0 Å². The van der Waals surface area contributed by atoms with E-state index >= 15 is 0 Å². The Kier molecular flexibility index (Phi) is 7.10. The first kappa shape index (κ1) is 21.2. The van der Waals surface area contributed by atoms with Crippen LogP contribution in [0.15, 0.2) is 77.4 Å². The first-order valence-electron chi connectivity index (χ1n) is 10.4. The number of hydrogen-bond acceptors (Lipinski definition) is 5. The van der Waals surface area contributed by atoms with Gasteiger partial charge >= 0.3 is 0 Å². The van der Waals surface area contributed by atoms with E-state index in [9.17, 15) is 9.59 Å². The Morgan fingerprint density at radius 3 is 2.65 bits per heavy atom. The van der Waals surface area contributed by atoms with Crippen LogP contribution in [0, 0.1) is 0 Å². The summed E-state index contributed by atoms with van der Waals surface area (Å²) < 4.78 is 11.2. The van der Waals surface area contributed by atoms with E-state index in [1.165, 1.54) is 11.8 Å². The number of Topliss-reactive ketones (excluding diaryl/α,β-unsaturated/α-hetero) is 1. The number of hydrogen-bond donors (Lipinski definition) is 1. The highest BCUT2D eigenvalue weighted by atomic mass is 32.2. The maximum absolute atomic E-state index is 13.0. The molecule has 1 aliphatic rings. The molecule has 0 spiro atoms. The smallest absolute Gasteiger partial charge is 0.261 e. The van der Waals surface area contributed by atoms with Gasteiger partial charge in [-0.25, -0.2) is 0 Å². The standard InChI is InChI=1S/C25H25NO4S/c27-22(17-31-16-20-10-6-14-29-20)21(15-18-7-2-1-3-8-18)26-25(28)24-13-12-19-9-4-5-11-23(19)30-24/h1-11,14,21,24H,12-13,15-17H2,(H,26,28)/t21?,24-/m0/s1. The molecule has 0 radical (unpaired) electrons. The molecule has 1 N–H and O–H groups in total. The van der Waals surface area contributed by atoms with Crippen molar-refractivity contribution in [2.45, 2.75) is 37.2 Å². The van der Waals surface area contributed by atoms with Gasteiger partial charge in [-0.1, -0.05) is 48.5 Å². The largest absolute Gasteiger partial charge is 0.480 e. The van der Waals surface area contributed by atoms with Crippen LogP contribution in [0.25, 0.3) is 0 Å². The van der Waals surface area contributed by atoms with Crippen molar-refractivity contribution < 1.29 is 18.7 Å². The zero-order valence-electron chi connectivity index (χ0n) is 17.2. The average Bonchev–Trinajstić information content (AvgIpc) is 3.32. The fraction of sp³-hybridized carbons (Fsp3) is 0.280. The Morgan fingerprint density at radius 2 is 1.84 bits per heavy atom. The van der Waals surface area contributed by atoms with Crippen LogP contribution in [0.5, 0.6) is 5.75 Å². The third-order valence-corrected chi connectivity index (χ3v) is 6.24. The monoisotopic (exact) mass is 435 g/mol. The van der Waals surface area contributed by atoms with Crippen molar-refractivity contribution in [2.75, 3.05) is 5.75 Å². The minimum absolute atomic E-state index is 0.00929. The molecule has 1 aromatic heterocycles. The maximum Gasteiger partial charge on any atom is 0.261 e. The van der Waals surface area contributed by atoms with Crippen LogP contribution in [-0.4, -0.2) is 29.6 Å². The number of rotatable bonds is 9. The minimum atomic E-state index is -0.597. The molecule has 1 aliphatic heterocycles. The quantitative estimate of drug-likeness (QED) is 0.546. The maximum atomic E-state index is 13.0. The van der Waals surface area contributed by atoms with Crippen molar-refractivity contribution in [3.8, 4) is 5.75 Å². The molecular formula is C25H25NO4S. The number of thioether (sulfide) groups is 1. The van der Waals surface area contributed by atoms with E-state index in [2.05, 4.69) is 5.32 Å². The molecule has 1 amide bonds. The van der Waals surface area contributed by atoms with E-state index in [1.807, 2.05) is 66.7 Å². The third-order valence-electron chi connectivity index (χ3n) is 5.27. The summed E-state index contributed by atoms with van der Waals surface area (Å²) in [5.74, 6) is 2.24. The minimum Gasteiger partial charge on any atom is -0.480 e. The molecule has 2 heterocycles. The van der Waals surface area contributed by atoms with Crippen LogP contribution >= 0.6 is 11.8 Å². The highest BCUT2D eigenvalue weighted by Crippen LogP contribution is 2.27. The Morgan fingerprint density at radius 1 is 1.03 bits per heavy atom. The second-order valence-corrected chi connectivity index (χ2v) is 8.53. The van der Waals surface area contributed by atoms with E-state index in [0.29, 0.717) is 24.3 Å². The van der Waals surface area contributed by atoms with Gasteiger partial charge in [0.1, 0.15) is 11.5 Å². The van der Waals surface area contributed by atoms with Crippen molar-refractivity contribution in [1.82, 2.24) is 5.32 Å². The van der Waals surface area contributed by atoms with Crippen LogP contribution in [0.1, 0.15) is 23.3 Å². The van der Waals surface area contributed by atoms with Crippen molar-refractivity contribution in [3.63, 3.8) is 0 Å². The number of furan rings is 1. The van der Waals surface area contributed by atoms with Gasteiger partial charge in [-0.15, -0.1) is 11.8 Å². The molecule has 160 valence electrons. The lowest BCUT2D eigenvalue weighted by atomic mass is 10.00. The normalized spacial score (nSPS) is 16.1. The summed E-state index contributed by atoms with van der Waals surface area (Å²) >= 11 is 1.49. The number of amides is 1. The Hall–Kier alpha value is -2.99. The first-order chi connectivity index (χ1) is 15.2. The lowest BCUT2D eigenvalue weighted by molar-refractivity contribution is -0.132. The van der Waals surface area contributed by atoms with E-state index in [0.717, 1.165) is 29.1 Å². The molecule has 6 heteroatoms. The predicted octanol–water partition coefficient (Wildman–Crippen LogP) is 4.20. The number of fused-ring (bicyclic) bond motifs is 1. The first-order valence-corrected chi connectivity index (χ1v) is 11.6. The predicted molar refractivity (Wildman–Crippen MR) is 121 cm³/mol. The van der Waals surface area contributed by atoms with Crippen LogP contribution in [-0.2, 0) is 28.2 Å². The average molecular weight is 436 g/mol. The highest BCUT2D eigenvalue weighted by molar-refractivity contribution is 7.99. The number of carbonyl (C=O) groups is 2. The molecule has 31 heavy (non-hydrogen) atoms. The van der Waals surface area contributed by atoms with Crippen LogP contribution < -0.4 is 10.1 Å². The van der Waals surface area contributed by atoms with E-state index in [4.69, 9.17) is 9.15 Å². The molecule has 2 aromatic carbocycles. The van der Waals surface area contributed by atoms with Gasteiger partial charge in [0, 0.05) is 0 Å². The fourth-order valence-electron chi connectivity index (χ4n) is 3.62. The molecule has 5 nitrogen and oxygen atoms in total. The van der Waals surface area contributed by atoms with Gasteiger partial charge in [-0.05, 0) is 48.6 Å². The molecular weight excluding hydrogens is 410 g/mol. The lowest BCUT2D eigenvalue weighted by Crippen LogP contribution is -2.49. The molecule has 1 unspecified atom stereocenters. The van der Waals surface area contributed by atoms with E-state index in [-0.39, 0.29) is 11.7 Å². The zero-order chi connectivity index (χ0) is 21.5. The van der Waals surface area contributed by atoms with Gasteiger partial charge in [0.05, 0.1) is 23.8 Å². The number of carbonyl (C=O) groups excluding carboxylic acids is 2. The van der Waals surface area contributed by atoms with Gasteiger partial charge < -0.3 is 14.5 Å². The summed E-state index contributed by atoms with van der Waals surface area (Å²) in [7, 11) is 0. The van der Waals surface area contributed by atoms with Crippen molar-refractivity contribution >= 4 is 23.5 Å². The number of aryl methyl sites for hydroxylation is 1.